The summed E-state index contributed by atoms with van der Waals surface area (Å²) in [5.74, 6) is 1.33. The van der Waals surface area contributed by atoms with Crippen LogP contribution in [0.5, 0.6) is 11.5 Å². The van der Waals surface area contributed by atoms with E-state index in [0.717, 1.165) is 65.2 Å². The van der Waals surface area contributed by atoms with Gasteiger partial charge in [0.1, 0.15) is 23.4 Å². The monoisotopic (exact) mass is 542 g/mol. The van der Waals surface area contributed by atoms with Crippen LogP contribution >= 0.6 is 22.6 Å². The summed E-state index contributed by atoms with van der Waals surface area (Å²) in [6.45, 7) is 2.84. The largest absolute Gasteiger partial charge is 0.480 e. The Bertz CT molecular complexity index is 1130. The van der Waals surface area contributed by atoms with Gasteiger partial charge in [-0.1, -0.05) is 24.3 Å². The zero-order chi connectivity index (χ0) is 22.1. The lowest BCUT2D eigenvalue weighted by molar-refractivity contribution is -0.105. The minimum absolute atomic E-state index is 0.202. The lowest BCUT2D eigenvalue weighted by atomic mass is 9.86. The summed E-state index contributed by atoms with van der Waals surface area (Å²) in [6, 6.07) is 20.9. The number of halogens is 2. The van der Waals surface area contributed by atoms with E-state index in [1.54, 1.807) is 0 Å². The van der Waals surface area contributed by atoms with Crippen LogP contribution < -0.4 is 9.47 Å². The maximum Gasteiger partial charge on any atom is 0.199 e. The van der Waals surface area contributed by atoms with Crippen molar-refractivity contribution < 1.29 is 18.6 Å². The van der Waals surface area contributed by atoms with E-state index in [9.17, 15) is 4.39 Å². The molecule has 0 spiro atoms. The van der Waals surface area contributed by atoms with Crippen LogP contribution in [0.25, 0.3) is 11.1 Å². The first kappa shape index (κ1) is 21.5. The van der Waals surface area contributed by atoms with Crippen molar-refractivity contribution in [1.82, 2.24) is 0 Å². The average Bonchev–Trinajstić information content (AvgIpc) is 2.81. The topological polar surface area (TPSA) is 27.7 Å². The minimum atomic E-state index is -0.279. The minimum Gasteiger partial charge on any atom is -0.480 e. The summed E-state index contributed by atoms with van der Waals surface area (Å²) in [6.07, 6.45) is 2.62. The smallest absolute Gasteiger partial charge is 0.199 e. The molecule has 0 aliphatic carbocycles. The summed E-state index contributed by atoms with van der Waals surface area (Å²) in [4.78, 5) is 0. The Balaban J connectivity index is 1.57. The van der Waals surface area contributed by atoms with Gasteiger partial charge in [-0.15, -0.1) is 0 Å². The third kappa shape index (κ3) is 4.41. The van der Waals surface area contributed by atoms with Gasteiger partial charge in [-0.3, -0.25) is 0 Å². The molecule has 0 N–H and O–H groups in total. The van der Waals surface area contributed by atoms with E-state index in [1.807, 2.05) is 30.3 Å². The number of hydrogen-bond donors (Lipinski definition) is 0. The highest BCUT2D eigenvalue weighted by Crippen LogP contribution is 2.47. The van der Waals surface area contributed by atoms with Crippen molar-refractivity contribution in [2.24, 2.45) is 0 Å². The number of allylic oxidation sites excluding steroid dienone is 1. The summed E-state index contributed by atoms with van der Waals surface area (Å²) >= 11 is 2.30. The first-order valence-electron chi connectivity index (χ1n) is 10.9. The van der Waals surface area contributed by atoms with Crippen LogP contribution in [-0.2, 0) is 4.74 Å². The zero-order valence-electron chi connectivity index (χ0n) is 17.8. The van der Waals surface area contributed by atoms with Crippen LogP contribution in [0.1, 0.15) is 49.0 Å². The number of ether oxygens (including phenoxy) is 3. The average molecular weight is 542 g/mol. The summed E-state index contributed by atoms with van der Waals surface area (Å²) in [5, 5.41) is 0. The standard InChI is InChI=1S/C27H24FIO3/c1-17-23-16-22(31-25-4-2-3-15-30-25)13-14-24(23)32-27(19-7-11-21(29)12-8-19)26(17)18-5-9-20(28)10-6-18/h5-14,16,25,27H,2-4,15H2,1H3. The molecule has 32 heavy (non-hydrogen) atoms. The molecule has 1 saturated heterocycles. The first-order chi connectivity index (χ1) is 15.6. The zero-order valence-corrected chi connectivity index (χ0v) is 20.0. The van der Waals surface area contributed by atoms with Gasteiger partial charge in [-0.2, -0.15) is 0 Å². The van der Waals surface area contributed by atoms with Crippen molar-refractivity contribution in [2.45, 2.75) is 38.6 Å². The molecular weight excluding hydrogens is 518 g/mol. The number of benzene rings is 3. The number of hydrogen-bond acceptors (Lipinski definition) is 3. The van der Waals surface area contributed by atoms with E-state index in [1.165, 1.54) is 15.7 Å². The highest BCUT2D eigenvalue weighted by molar-refractivity contribution is 14.1. The van der Waals surface area contributed by atoms with Crippen molar-refractivity contribution in [1.29, 1.82) is 0 Å². The van der Waals surface area contributed by atoms with Gasteiger partial charge >= 0.3 is 0 Å². The summed E-state index contributed by atoms with van der Waals surface area (Å²) in [7, 11) is 0. The van der Waals surface area contributed by atoms with Crippen LogP contribution in [0, 0.1) is 9.39 Å². The van der Waals surface area contributed by atoms with Crippen molar-refractivity contribution in [3.63, 3.8) is 0 Å². The van der Waals surface area contributed by atoms with E-state index in [-0.39, 0.29) is 18.2 Å². The molecule has 2 aliphatic rings. The first-order valence-corrected chi connectivity index (χ1v) is 12.0. The van der Waals surface area contributed by atoms with Crippen molar-refractivity contribution in [3.05, 3.63) is 92.8 Å². The molecule has 3 nitrogen and oxygen atoms in total. The Kier molecular flexibility index (Phi) is 6.20. The van der Waals surface area contributed by atoms with Gasteiger partial charge in [0.05, 0.1) is 6.61 Å². The molecule has 2 aliphatic heterocycles. The number of fused-ring (bicyclic) bond motifs is 1. The Hall–Kier alpha value is -2.38. The summed E-state index contributed by atoms with van der Waals surface area (Å²) < 4.78 is 33.2. The fourth-order valence-electron chi connectivity index (χ4n) is 4.33. The second-order valence-corrected chi connectivity index (χ2v) is 9.41. The maximum absolute atomic E-state index is 13.7. The molecule has 0 amide bonds. The predicted molar refractivity (Wildman–Crippen MR) is 132 cm³/mol. The SMILES string of the molecule is CC1=C(c2ccc(F)cc2)C(c2ccc(I)cc2)Oc2ccc(OC3CCCCO3)cc21. The van der Waals surface area contributed by atoms with Crippen LogP contribution in [0.15, 0.2) is 66.7 Å². The van der Waals surface area contributed by atoms with Crippen molar-refractivity contribution >= 4 is 33.7 Å². The van der Waals surface area contributed by atoms with Gasteiger partial charge in [0, 0.05) is 21.1 Å². The number of rotatable bonds is 4. The van der Waals surface area contributed by atoms with E-state index < -0.39 is 0 Å². The summed E-state index contributed by atoms with van der Waals surface area (Å²) in [5.41, 5.74) is 5.12. The molecule has 5 rings (SSSR count). The molecule has 0 radical (unpaired) electrons. The predicted octanol–water partition coefficient (Wildman–Crippen LogP) is 7.40. The van der Waals surface area contributed by atoms with Gasteiger partial charge in [-0.05, 0) is 102 Å². The molecule has 2 heterocycles. The van der Waals surface area contributed by atoms with Gasteiger partial charge in [0.25, 0.3) is 0 Å². The fourth-order valence-corrected chi connectivity index (χ4v) is 4.69. The Morgan fingerprint density at radius 2 is 1.75 bits per heavy atom. The molecule has 5 heteroatoms. The van der Waals surface area contributed by atoms with Crippen LogP contribution in [0.2, 0.25) is 0 Å². The molecule has 3 aromatic carbocycles. The third-order valence-electron chi connectivity index (χ3n) is 6.00. The molecule has 0 bridgehead atoms. The fraction of sp³-hybridized carbons (Fsp3) is 0.259. The quantitative estimate of drug-likeness (QED) is 0.322. The van der Waals surface area contributed by atoms with E-state index in [4.69, 9.17) is 14.2 Å². The lowest BCUT2D eigenvalue weighted by Gasteiger charge is -2.32. The Labute approximate surface area is 201 Å². The van der Waals surface area contributed by atoms with E-state index in [0.29, 0.717) is 0 Å². The highest BCUT2D eigenvalue weighted by atomic mass is 127. The van der Waals surface area contributed by atoms with Gasteiger partial charge in [0.2, 0.25) is 0 Å². The third-order valence-corrected chi connectivity index (χ3v) is 6.72. The maximum atomic E-state index is 13.7. The van der Waals surface area contributed by atoms with Crippen molar-refractivity contribution in [2.75, 3.05) is 6.61 Å². The van der Waals surface area contributed by atoms with Crippen molar-refractivity contribution in [3.8, 4) is 11.5 Å². The molecule has 0 saturated carbocycles. The second kappa shape index (κ2) is 9.24. The molecule has 1 fully saturated rings. The van der Waals surface area contributed by atoms with Gasteiger partial charge < -0.3 is 14.2 Å². The van der Waals surface area contributed by atoms with Crippen LogP contribution in [0.3, 0.4) is 0 Å². The molecule has 0 aromatic heterocycles. The molecule has 2 atom stereocenters. The van der Waals surface area contributed by atoms with E-state index >= 15 is 0 Å². The highest BCUT2D eigenvalue weighted by Gasteiger charge is 2.30. The second-order valence-electron chi connectivity index (χ2n) is 8.17. The lowest BCUT2D eigenvalue weighted by Crippen LogP contribution is -2.25. The van der Waals surface area contributed by atoms with Crippen LogP contribution in [0.4, 0.5) is 4.39 Å². The van der Waals surface area contributed by atoms with Gasteiger partial charge in [-0.25, -0.2) is 4.39 Å². The van der Waals surface area contributed by atoms with Gasteiger partial charge in [0.15, 0.2) is 6.29 Å². The molecule has 3 aromatic rings. The van der Waals surface area contributed by atoms with Crippen LogP contribution in [-0.4, -0.2) is 12.9 Å². The van der Waals surface area contributed by atoms with E-state index in [2.05, 4.69) is 53.8 Å². The Morgan fingerprint density at radius 3 is 2.47 bits per heavy atom. The normalized spacial score (nSPS) is 20.5. The molecular formula is C27H24FIO3. The Morgan fingerprint density at radius 1 is 0.969 bits per heavy atom. The molecule has 164 valence electrons. The molecule has 2 unspecified atom stereocenters.